The highest BCUT2D eigenvalue weighted by Gasteiger charge is 2.77. The number of allylic oxidation sites excluding steroid dienone is 1. The Hall–Kier alpha value is -3.04. The first-order chi connectivity index (χ1) is 17.1. The Kier molecular flexibility index (Phi) is 6.40. The van der Waals surface area contributed by atoms with E-state index in [-0.39, 0.29) is 18.4 Å². The molecular formula is C28H34O9. The minimum atomic E-state index is -2.37. The number of carbonyl (C=O) groups is 4. The predicted octanol–water partition coefficient (Wildman–Crippen LogP) is 2.58. The minimum absolute atomic E-state index is 0.0446. The predicted molar refractivity (Wildman–Crippen MR) is 130 cm³/mol. The smallest absolute Gasteiger partial charge is 0.338 e. The molecule has 2 saturated carbocycles. The fourth-order valence-corrected chi connectivity index (χ4v) is 6.92. The maximum Gasteiger partial charge on any atom is 0.338 e. The van der Waals surface area contributed by atoms with Gasteiger partial charge in [0.25, 0.3) is 0 Å². The first kappa shape index (κ1) is 27.0. The van der Waals surface area contributed by atoms with Gasteiger partial charge in [-0.2, -0.15) is 0 Å². The molecule has 0 unspecified atom stereocenters. The molecule has 1 saturated heterocycles. The lowest BCUT2D eigenvalue weighted by Gasteiger charge is -2.65. The summed E-state index contributed by atoms with van der Waals surface area (Å²) in [4.78, 5) is 52.2. The number of benzene rings is 1. The van der Waals surface area contributed by atoms with Crippen molar-refractivity contribution in [3.63, 3.8) is 0 Å². The normalized spacial score (nSPS) is 40.5. The number of esters is 3. The zero-order chi connectivity index (χ0) is 27.6. The van der Waals surface area contributed by atoms with Gasteiger partial charge in [-0.05, 0) is 45.2 Å². The average Bonchev–Trinajstić information content (AvgIpc) is 2.83. The maximum absolute atomic E-state index is 14.0. The van der Waals surface area contributed by atoms with E-state index in [9.17, 15) is 29.4 Å². The molecule has 1 aromatic carbocycles. The van der Waals surface area contributed by atoms with Gasteiger partial charge in [0.15, 0.2) is 11.4 Å². The van der Waals surface area contributed by atoms with Gasteiger partial charge in [-0.15, -0.1) is 6.58 Å². The molecule has 4 rings (SSSR count). The van der Waals surface area contributed by atoms with Crippen LogP contribution in [0.5, 0.6) is 0 Å². The molecule has 0 aromatic heterocycles. The van der Waals surface area contributed by atoms with E-state index < -0.39 is 75.9 Å². The number of carbonyl (C=O) groups excluding carboxylic acids is 4. The molecule has 0 spiro atoms. The van der Waals surface area contributed by atoms with E-state index in [2.05, 4.69) is 6.58 Å². The van der Waals surface area contributed by atoms with Crippen LogP contribution in [-0.4, -0.2) is 58.0 Å². The second kappa shape index (κ2) is 8.77. The Balaban J connectivity index is 1.93. The summed E-state index contributed by atoms with van der Waals surface area (Å²) in [5, 5.41) is 23.5. The van der Waals surface area contributed by atoms with E-state index in [0.717, 1.165) is 6.92 Å². The highest BCUT2D eigenvalue weighted by Crippen LogP contribution is 2.65. The molecular weight excluding hydrogens is 480 g/mol. The van der Waals surface area contributed by atoms with Gasteiger partial charge in [0.2, 0.25) is 6.29 Å². The second-order valence-electron chi connectivity index (χ2n) is 11.5. The number of hydrogen-bond donors (Lipinski definition) is 2. The second-order valence-corrected chi connectivity index (χ2v) is 11.5. The van der Waals surface area contributed by atoms with E-state index in [0.29, 0.717) is 0 Å². The third-order valence-corrected chi connectivity index (χ3v) is 8.89. The first-order valence-corrected chi connectivity index (χ1v) is 12.4. The van der Waals surface area contributed by atoms with Crippen LogP contribution in [0.4, 0.5) is 0 Å². The quantitative estimate of drug-likeness (QED) is 0.353. The Labute approximate surface area is 215 Å². The van der Waals surface area contributed by atoms with Gasteiger partial charge in [-0.25, -0.2) is 4.79 Å². The topological polar surface area (TPSA) is 136 Å². The van der Waals surface area contributed by atoms with Crippen LogP contribution in [0, 0.1) is 28.1 Å². The summed E-state index contributed by atoms with van der Waals surface area (Å²) in [6.07, 6.45) is -2.97. The van der Waals surface area contributed by atoms with Gasteiger partial charge in [-0.3, -0.25) is 14.4 Å². The maximum atomic E-state index is 14.0. The summed E-state index contributed by atoms with van der Waals surface area (Å²) in [6.45, 7) is 11.4. The first-order valence-electron chi connectivity index (χ1n) is 12.4. The largest absolute Gasteiger partial charge is 0.459 e. The molecule has 2 aliphatic carbocycles. The van der Waals surface area contributed by atoms with Crippen molar-refractivity contribution in [2.75, 3.05) is 0 Å². The van der Waals surface area contributed by atoms with Crippen LogP contribution in [0.2, 0.25) is 0 Å². The van der Waals surface area contributed by atoms with Gasteiger partial charge in [0.1, 0.15) is 12.2 Å². The lowest BCUT2D eigenvalue weighted by Crippen LogP contribution is -2.78. The average molecular weight is 515 g/mol. The van der Waals surface area contributed by atoms with Crippen molar-refractivity contribution < 1.29 is 43.6 Å². The number of aliphatic hydroxyl groups is 2. The van der Waals surface area contributed by atoms with Gasteiger partial charge in [0.05, 0.1) is 16.4 Å². The van der Waals surface area contributed by atoms with E-state index in [1.165, 1.54) is 6.08 Å². The number of Topliss-reactive ketones (excluding diaryl/α,β-unsaturated/α-hetero) is 1. The summed E-state index contributed by atoms with van der Waals surface area (Å²) in [6, 6.07) is 8.24. The standard InChI is InChI=1S/C28H34O9/c1-7-26(5)14-17(36-21(30)16-11-9-8-10-12-16)20-27(6)18(25(3,4)23(32)37-24(27)33)13-19(35-15(2)29)28(20,34)22(26)31/h7-12,17-20,24,33-34H,1,13-14H2,2-6H3/t17-,18+,19-,20-,24+,26+,27+,28+/m1/s1. The monoisotopic (exact) mass is 514 g/mol. The lowest BCUT2D eigenvalue weighted by molar-refractivity contribution is -0.320. The van der Waals surface area contributed by atoms with Crippen molar-refractivity contribution in [3.8, 4) is 0 Å². The highest BCUT2D eigenvalue weighted by atomic mass is 16.6. The molecule has 2 N–H and O–H groups in total. The van der Waals surface area contributed by atoms with Crippen molar-refractivity contribution in [1.82, 2.24) is 0 Å². The Morgan fingerprint density at radius 2 is 1.73 bits per heavy atom. The minimum Gasteiger partial charge on any atom is -0.459 e. The number of hydrogen-bond acceptors (Lipinski definition) is 9. The Bertz CT molecular complexity index is 1140. The van der Waals surface area contributed by atoms with Crippen LogP contribution in [-0.2, 0) is 28.6 Å². The molecule has 9 heteroatoms. The molecule has 1 heterocycles. The third kappa shape index (κ3) is 3.82. The fourth-order valence-electron chi connectivity index (χ4n) is 6.92. The Morgan fingerprint density at radius 1 is 1.11 bits per heavy atom. The van der Waals surface area contributed by atoms with Crippen molar-refractivity contribution in [1.29, 1.82) is 0 Å². The van der Waals surface area contributed by atoms with Crippen molar-refractivity contribution >= 4 is 23.7 Å². The molecule has 1 aromatic rings. The molecule has 0 bridgehead atoms. The van der Waals surface area contributed by atoms with Gasteiger partial charge in [-0.1, -0.05) is 31.2 Å². The fraction of sp³-hybridized carbons (Fsp3) is 0.571. The SMILES string of the molecule is C=C[C@@]1(C)C[C@@H](OC(=O)c2ccccc2)[C@H]2[C@](O)(C1=O)[C@H](OC(C)=O)C[C@H]1C(C)(C)C(=O)O[C@H](O)[C@@]12C. The number of aliphatic hydroxyl groups excluding tert-OH is 1. The number of rotatable bonds is 4. The van der Waals surface area contributed by atoms with Crippen LogP contribution >= 0.6 is 0 Å². The van der Waals surface area contributed by atoms with Crippen LogP contribution in [0.3, 0.4) is 0 Å². The van der Waals surface area contributed by atoms with Crippen LogP contribution in [0.15, 0.2) is 43.0 Å². The third-order valence-electron chi connectivity index (χ3n) is 8.89. The molecule has 0 amide bonds. The molecule has 1 aliphatic heterocycles. The van der Waals surface area contributed by atoms with Gasteiger partial charge in [0, 0.05) is 24.7 Å². The number of fused-ring (bicyclic) bond motifs is 3. The van der Waals surface area contributed by atoms with E-state index in [1.54, 1.807) is 58.0 Å². The zero-order valence-electron chi connectivity index (χ0n) is 21.7. The molecule has 9 nitrogen and oxygen atoms in total. The molecule has 3 fully saturated rings. The Morgan fingerprint density at radius 3 is 2.30 bits per heavy atom. The van der Waals surface area contributed by atoms with Crippen molar-refractivity contribution in [2.24, 2.45) is 28.1 Å². The summed E-state index contributed by atoms with van der Waals surface area (Å²) < 4.78 is 16.9. The number of ketones is 1. The van der Waals surface area contributed by atoms with E-state index >= 15 is 0 Å². The van der Waals surface area contributed by atoms with E-state index in [1.807, 2.05) is 0 Å². The van der Waals surface area contributed by atoms with Crippen LogP contribution in [0.1, 0.15) is 57.8 Å². The van der Waals surface area contributed by atoms with Crippen LogP contribution in [0.25, 0.3) is 0 Å². The van der Waals surface area contributed by atoms with Gasteiger partial charge < -0.3 is 24.4 Å². The van der Waals surface area contributed by atoms with Crippen LogP contribution < -0.4 is 0 Å². The molecule has 8 atom stereocenters. The summed E-state index contributed by atoms with van der Waals surface area (Å²) in [5.41, 5.74) is -6.08. The van der Waals surface area contributed by atoms with Gasteiger partial charge >= 0.3 is 17.9 Å². The number of cyclic esters (lactones) is 1. The summed E-state index contributed by atoms with van der Waals surface area (Å²) in [5.74, 6) is -4.73. The lowest BCUT2D eigenvalue weighted by atomic mass is 9.42. The molecule has 0 radical (unpaired) electrons. The zero-order valence-corrected chi connectivity index (χ0v) is 21.7. The number of ether oxygens (including phenoxy) is 3. The van der Waals surface area contributed by atoms with E-state index in [4.69, 9.17) is 14.2 Å². The van der Waals surface area contributed by atoms with Crippen molar-refractivity contribution in [3.05, 3.63) is 48.6 Å². The summed E-state index contributed by atoms with van der Waals surface area (Å²) in [7, 11) is 0. The molecule has 200 valence electrons. The highest BCUT2D eigenvalue weighted by molar-refractivity contribution is 5.97. The van der Waals surface area contributed by atoms with Crippen molar-refractivity contribution in [2.45, 2.75) is 71.6 Å². The summed E-state index contributed by atoms with van der Waals surface area (Å²) >= 11 is 0. The molecule has 37 heavy (non-hydrogen) atoms. The molecule has 3 aliphatic rings.